The van der Waals surface area contributed by atoms with Crippen LogP contribution >= 0.6 is 0 Å². The van der Waals surface area contributed by atoms with Crippen molar-refractivity contribution in [1.82, 2.24) is 20.0 Å². The van der Waals surface area contributed by atoms with E-state index in [9.17, 15) is 48.3 Å². The number of likely N-dealkylation sites (N-methyl/N-ethyl adjacent to an activating group) is 4. The minimum Gasteiger partial charge on any atom is -0.478 e. The van der Waals surface area contributed by atoms with Gasteiger partial charge in [-0.15, -0.1) is 0 Å². The third-order valence-corrected chi connectivity index (χ3v) is 15.7. The minimum atomic E-state index is -2.22. The standard InChI is InChI=1S/C60H82F2N4O15/c1-36(2)29-45(50(69)43(34-67)52(71)65(9)47(33-59(5,6)62)57(77)81-49(55(74)75)31-38-13-17-40(18-14-38)42-21-27-79-28-22-42)64(8)54(73)48(30-37-11-15-39(16-12-37)41-19-25-78-26-20-41)80-56(76)46(32-58(3,4)61)66(10)53(72)44(35-68)51(70)60(63-7)23-24-60/h11-18,34-36,41-49,63H,19-33H2,1-10H3,(H,74,75). The molecular formula is C60H82F2N4O15. The van der Waals surface area contributed by atoms with Crippen molar-refractivity contribution < 1.29 is 80.8 Å². The van der Waals surface area contributed by atoms with Crippen LogP contribution in [-0.4, -0.2) is 181 Å². The molecule has 2 saturated heterocycles. The summed E-state index contributed by atoms with van der Waals surface area (Å²) in [6, 6.07) is 9.06. The molecule has 0 radical (unpaired) electrons. The van der Waals surface area contributed by atoms with Crippen LogP contribution in [0, 0.1) is 17.8 Å². The summed E-state index contributed by atoms with van der Waals surface area (Å²) < 4.78 is 53.7. The molecule has 7 unspecified atom stereocenters. The third-order valence-electron chi connectivity index (χ3n) is 15.7. The maximum Gasteiger partial charge on any atom is 0.345 e. The monoisotopic (exact) mass is 1140 g/mol. The van der Waals surface area contributed by atoms with Gasteiger partial charge in [-0.05, 0) is 120 Å². The van der Waals surface area contributed by atoms with Crippen LogP contribution < -0.4 is 5.32 Å². The number of hydrogen-bond donors (Lipinski definition) is 2. The topological polar surface area (TPSA) is 250 Å². The summed E-state index contributed by atoms with van der Waals surface area (Å²) in [6.45, 7) is 10.3. The molecule has 81 heavy (non-hydrogen) atoms. The van der Waals surface area contributed by atoms with Crippen molar-refractivity contribution in [2.45, 2.75) is 171 Å². The van der Waals surface area contributed by atoms with Crippen molar-refractivity contribution in [1.29, 1.82) is 0 Å². The van der Waals surface area contributed by atoms with Crippen LogP contribution in [0.5, 0.6) is 0 Å². The zero-order valence-electron chi connectivity index (χ0n) is 48.4. The maximum atomic E-state index is 15.7. The van der Waals surface area contributed by atoms with Gasteiger partial charge in [0.1, 0.15) is 36.0 Å². The Morgan fingerprint density at radius 3 is 1.38 bits per heavy atom. The van der Waals surface area contributed by atoms with E-state index >= 15 is 13.6 Å². The van der Waals surface area contributed by atoms with E-state index in [0.717, 1.165) is 88.4 Å². The number of rotatable bonds is 30. The Labute approximate surface area is 473 Å². The number of carbonyl (C=O) groups is 10. The third kappa shape index (κ3) is 17.8. The molecule has 21 heteroatoms. The van der Waals surface area contributed by atoms with Gasteiger partial charge in [0.05, 0.1) is 11.6 Å². The van der Waals surface area contributed by atoms with Crippen LogP contribution in [0.4, 0.5) is 8.78 Å². The molecule has 0 aromatic heterocycles. The zero-order chi connectivity index (χ0) is 60.1. The molecule has 446 valence electrons. The van der Waals surface area contributed by atoms with Gasteiger partial charge >= 0.3 is 17.9 Å². The number of alkyl halides is 2. The summed E-state index contributed by atoms with van der Waals surface area (Å²) in [7, 11) is 4.86. The Bertz CT molecular complexity index is 2550. The summed E-state index contributed by atoms with van der Waals surface area (Å²) in [6.07, 6.45) is -1.78. The number of nitrogens with one attached hydrogen (secondary N) is 1. The fraction of sp³-hybridized carbons (Fsp3) is 0.633. The van der Waals surface area contributed by atoms with Gasteiger partial charge in [-0.25, -0.2) is 23.2 Å². The van der Waals surface area contributed by atoms with Gasteiger partial charge in [0, 0.05) is 73.3 Å². The number of hydrogen-bond acceptors (Lipinski definition) is 15. The molecular weight excluding hydrogens is 1050 g/mol. The molecule has 7 atom stereocenters. The molecule has 2 aliphatic heterocycles. The Morgan fingerprint density at radius 1 is 0.642 bits per heavy atom. The highest BCUT2D eigenvalue weighted by atomic mass is 19.1. The molecule has 2 heterocycles. The second-order valence-electron chi connectivity index (χ2n) is 23.6. The van der Waals surface area contributed by atoms with Crippen LogP contribution in [0.3, 0.4) is 0 Å². The number of esters is 2. The molecule has 3 amide bonds. The van der Waals surface area contributed by atoms with E-state index in [2.05, 4.69) is 5.32 Å². The van der Waals surface area contributed by atoms with E-state index in [-0.39, 0.29) is 43.7 Å². The van der Waals surface area contributed by atoms with Crippen LogP contribution in [0.25, 0.3) is 0 Å². The number of aliphatic carboxylic acids is 1. The number of aldehydes is 2. The number of benzene rings is 2. The van der Waals surface area contributed by atoms with Gasteiger partial charge in [-0.1, -0.05) is 62.4 Å². The number of Topliss-reactive ketones (excluding diaryl/α,β-unsaturated/α-hetero) is 2. The lowest BCUT2D eigenvalue weighted by molar-refractivity contribution is -0.171. The fourth-order valence-electron chi connectivity index (χ4n) is 10.6. The first-order valence-electron chi connectivity index (χ1n) is 27.9. The number of carboxylic acid groups (broad SMARTS) is 1. The molecule has 0 bridgehead atoms. The van der Waals surface area contributed by atoms with Crippen LogP contribution in [0.15, 0.2) is 48.5 Å². The van der Waals surface area contributed by atoms with Gasteiger partial charge in [0.2, 0.25) is 17.9 Å². The number of amides is 3. The second-order valence-corrected chi connectivity index (χ2v) is 23.6. The summed E-state index contributed by atoms with van der Waals surface area (Å²) in [5.74, 6) is -13.5. The first-order chi connectivity index (χ1) is 38.0. The van der Waals surface area contributed by atoms with Gasteiger partial charge in [-0.2, -0.15) is 0 Å². The molecule has 3 fully saturated rings. The Hall–Kier alpha value is -6.32. The van der Waals surface area contributed by atoms with Crippen LogP contribution in [0.2, 0.25) is 0 Å². The number of carboxylic acids is 1. The molecule has 1 saturated carbocycles. The predicted octanol–water partition coefficient (Wildman–Crippen LogP) is 5.49. The van der Waals surface area contributed by atoms with Crippen LogP contribution in [0.1, 0.15) is 133 Å². The Kier molecular flexibility index (Phi) is 23.1. The fourth-order valence-corrected chi connectivity index (χ4v) is 10.6. The highest BCUT2D eigenvalue weighted by molar-refractivity contribution is 6.17. The first kappa shape index (κ1) is 65.5. The highest BCUT2D eigenvalue weighted by Crippen LogP contribution is 2.38. The lowest BCUT2D eigenvalue weighted by Gasteiger charge is -2.35. The van der Waals surface area contributed by atoms with Gasteiger partial charge in [0.15, 0.2) is 29.5 Å². The van der Waals surface area contributed by atoms with E-state index in [1.54, 1.807) is 38.1 Å². The lowest BCUT2D eigenvalue weighted by Crippen LogP contribution is -2.56. The summed E-state index contributed by atoms with van der Waals surface area (Å²) in [5.41, 5.74) is -2.47. The van der Waals surface area contributed by atoms with Crippen LogP contribution in [-0.2, 0) is 79.7 Å². The van der Waals surface area contributed by atoms with E-state index in [4.69, 9.17) is 18.9 Å². The van der Waals surface area contributed by atoms with Crippen molar-refractivity contribution in [2.75, 3.05) is 54.6 Å². The maximum absolute atomic E-state index is 15.7. The van der Waals surface area contributed by atoms with Crippen molar-refractivity contribution in [3.05, 3.63) is 70.8 Å². The Morgan fingerprint density at radius 2 is 1.02 bits per heavy atom. The molecule has 3 aliphatic rings. The predicted molar refractivity (Wildman–Crippen MR) is 292 cm³/mol. The lowest BCUT2D eigenvalue weighted by atomic mass is 9.89. The van der Waals surface area contributed by atoms with E-state index in [1.807, 2.05) is 24.3 Å². The molecule has 2 N–H and O–H groups in total. The normalized spacial score (nSPS) is 18.4. The smallest absolute Gasteiger partial charge is 0.345 e. The highest BCUT2D eigenvalue weighted by Gasteiger charge is 2.54. The molecule has 1 aliphatic carbocycles. The number of nitrogens with zero attached hydrogens (tertiary/aromatic N) is 3. The van der Waals surface area contributed by atoms with Gasteiger partial charge < -0.3 is 53.7 Å². The molecule has 0 spiro atoms. The molecule has 2 aromatic rings. The number of ketones is 2. The van der Waals surface area contributed by atoms with Gasteiger partial charge in [0.25, 0.3) is 5.91 Å². The molecule has 19 nitrogen and oxygen atoms in total. The average molecular weight is 1140 g/mol. The Balaban J connectivity index is 1.44. The number of carbonyl (C=O) groups excluding carboxylic acids is 9. The summed E-state index contributed by atoms with van der Waals surface area (Å²) in [4.78, 5) is 141. The number of ether oxygens (including phenoxy) is 4. The summed E-state index contributed by atoms with van der Waals surface area (Å²) in [5, 5.41) is 13.0. The van der Waals surface area contributed by atoms with Crippen molar-refractivity contribution >= 4 is 59.8 Å². The van der Waals surface area contributed by atoms with Crippen molar-refractivity contribution in [3.63, 3.8) is 0 Å². The van der Waals surface area contributed by atoms with E-state index in [0.29, 0.717) is 55.3 Å². The van der Waals surface area contributed by atoms with E-state index in [1.165, 1.54) is 14.1 Å². The summed E-state index contributed by atoms with van der Waals surface area (Å²) >= 11 is 0. The van der Waals surface area contributed by atoms with Gasteiger partial charge in [-0.3, -0.25) is 24.0 Å². The first-order valence-corrected chi connectivity index (χ1v) is 27.9. The molecule has 2 aromatic carbocycles. The quantitative estimate of drug-likeness (QED) is 0.0557. The minimum absolute atomic E-state index is 0.0203. The zero-order valence-corrected chi connectivity index (χ0v) is 48.4. The SMILES string of the molecule is CNC1(C(=O)C(C=O)C(=O)N(C)C(CC(C)(C)F)C(=O)OC(Cc2ccc(C3CCOCC3)cc2)C(=O)N(C)C(CC(C)C)C(=O)C(C=O)C(=O)N(C)C(CC(C)(C)F)C(=O)OC(Cc2ccc(C3CCOCC3)cc2)C(=O)O)CC1. The number of halogens is 2. The molecule has 5 rings (SSSR count). The average Bonchev–Trinajstić information content (AvgIpc) is 4.33. The second kappa shape index (κ2) is 28.6. The van der Waals surface area contributed by atoms with Crippen molar-refractivity contribution in [2.24, 2.45) is 17.8 Å². The van der Waals surface area contributed by atoms with E-state index < -0.39 is 125 Å². The van der Waals surface area contributed by atoms with Crippen molar-refractivity contribution in [3.8, 4) is 0 Å². The largest absolute Gasteiger partial charge is 0.478 e.